The van der Waals surface area contributed by atoms with Gasteiger partial charge < -0.3 is 23.7 Å². The highest BCUT2D eigenvalue weighted by molar-refractivity contribution is 6.82. The fourth-order valence-electron chi connectivity index (χ4n) is 5.65. The molecule has 0 amide bonds. The van der Waals surface area contributed by atoms with Crippen LogP contribution in [0.1, 0.15) is 0 Å². The van der Waals surface area contributed by atoms with Crippen molar-refractivity contribution in [1.29, 1.82) is 0 Å². The summed E-state index contributed by atoms with van der Waals surface area (Å²) in [5.74, 6) is 3.53. The van der Waals surface area contributed by atoms with Crippen LogP contribution in [0.4, 0.5) is 23.3 Å². The minimum absolute atomic E-state index is 0.00341. The zero-order chi connectivity index (χ0) is 23.8. The monoisotopic (exact) mass is 460 g/mol. The van der Waals surface area contributed by atoms with Gasteiger partial charge in [0, 0.05) is 35.6 Å². The minimum Gasteiger partial charge on any atom is -0.456 e. The van der Waals surface area contributed by atoms with Gasteiger partial charge >= 0.3 is 14.0 Å². The van der Waals surface area contributed by atoms with Gasteiger partial charge in [-0.1, -0.05) is 24.3 Å². The van der Waals surface area contributed by atoms with E-state index in [2.05, 4.69) is 104 Å². The molecule has 2 aliphatic heterocycles. The molecule has 0 saturated heterocycles. The maximum atomic E-state index is 6.21. The van der Waals surface area contributed by atoms with Crippen molar-refractivity contribution in [3.8, 4) is 0 Å². The SMILES string of the molecule is CN1B(c2ccc3oc4ccc(B5N(C)c6nccnc6N5C)cc4c3c2)N(C)c2nccnc21. The van der Waals surface area contributed by atoms with Gasteiger partial charge in [0.05, 0.1) is 0 Å². The Labute approximate surface area is 203 Å². The Morgan fingerprint density at radius 1 is 0.543 bits per heavy atom. The molecule has 0 radical (unpaired) electrons. The minimum atomic E-state index is 0.00341. The second kappa shape index (κ2) is 7.11. The molecule has 170 valence electrons. The zero-order valence-corrected chi connectivity index (χ0v) is 19.9. The predicted octanol–water partition coefficient (Wildman–Crippen LogP) is 1.73. The summed E-state index contributed by atoms with van der Waals surface area (Å²) >= 11 is 0. The van der Waals surface area contributed by atoms with E-state index in [0.29, 0.717) is 0 Å². The predicted molar refractivity (Wildman–Crippen MR) is 142 cm³/mol. The highest BCUT2D eigenvalue weighted by Crippen LogP contribution is 2.34. The number of hydrogen-bond donors (Lipinski definition) is 0. The third kappa shape index (κ3) is 2.72. The first-order valence-corrected chi connectivity index (χ1v) is 11.5. The van der Waals surface area contributed by atoms with E-state index < -0.39 is 0 Å². The summed E-state index contributed by atoms with van der Waals surface area (Å²) in [4.78, 5) is 26.8. The van der Waals surface area contributed by atoms with E-state index in [-0.39, 0.29) is 14.0 Å². The lowest BCUT2D eigenvalue weighted by Crippen LogP contribution is -2.54. The van der Waals surface area contributed by atoms with E-state index in [4.69, 9.17) is 4.42 Å². The van der Waals surface area contributed by atoms with Crippen LogP contribution in [-0.4, -0.2) is 62.1 Å². The lowest BCUT2D eigenvalue weighted by Gasteiger charge is -2.23. The number of anilines is 4. The van der Waals surface area contributed by atoms with E-state index in [1.165, 1.54) is 0 Å². The number of aromatic nitrogens is 4. The molecule has 0 unspecified atom stereocenters. The molecule has 2 aromatic carbocycles. The number of hydrogen-bond acceptors (Lipinski definition) is 9. The zero-order valence-electron chi connectivity index (χ0n) is 19.9. The van der Waals surface area contributed by atoms with Crippen LogP contribution in [-0.2, 0) is 0 Å². The Morgan fingerprint density at radius 3 is 1.23 bits per heavy atom. The molecule has 0 spiro atoms. The average Bonchev–Trinajstić information content (AvgIpc) is 3.46. The Hall–Kier alpha value is -4.27. The maximum absolute atomic E-state index is 6.21. The molecule has 9 nitrogen and oxygen atoms in total. The fraction of sp³-hybridized carbons (Fsp3) is 0.167. The molecule has 11 heteroatoms. The molecule has 0 bridgehead atoms. The molecule has 7 rings (SSSR count). The van der Waals surface area contributed by atoms with Gasteiger partial charge in [0.15, 0.2) is 23.3 Å². The van der Waals surface area contributed by atoms with Gasteiger partial charge in [-0.15, -0.1) is 0 Å². The summed E-state index contributed by atoms with van der Waals surface area (Å²) in [5.41, 5.74) is 4.06. The lowest BCUT2D eigenvalue weighted by atomic mass is 9.65. The van der Waals surface area contributed by atoms with Crippen molar-refractivity contribution in [2.45, 2.75) is 0 Å². The van der Waals surface area contributed by atoms with Crippen molar-refractivity contribution >= 4 is 70.1 Å². The Balaban J connectivity index is 1.33. The van der Waals surface area contributed by atoms with Crippen LogP contribution in [0.2, 0.25) is 0 Å². The summed E-state index contributed by atoms with van der Waals surface area (Å²) in [6, 6.07) is 12.8. The van der Waals surface area contributed by atoms with Gasteiger partial charge in [-0.05, 0) is 51.2 Å². The second-order valence-corrected chi connectivity index (χ2v) is 9.21. The normalized spacial score (nSPS) is 15.1. The first-order valence-electron chi connectivity index (χ1n) is 11.5. The highest BCUT2D eigenvalue weighted by atomic mass is 16.3. The standard InChI is InChI=1S/C24H22B2N8O/c1-31-21-22(28-10-9-27-21)32(2)25(31)15-5-7-19-17(13-15)18-14-16(6-8-20(18)35-19)26-33(3)23-24(34(26)4)30-12-11-29-23/h5-14H,1-4H3. The molecular formula is C24H22B2N8O. The van der Waals surface area contributed by atoms with E-state index in [1.807, 2.05) is 0 Å². The first-order chi connectivity index (χ1) is 17.0. The number of benzene rings is 2. The molecular weight excluding hydrogens is 438 g/mol. The molecule has 0 fully saturated rings. The van der Waals surface area contributed by atoms with Crippen LogP contribution >= 0.6 is 0 Å². The molecule has 2 aliphatic rings. The Kier molecular flexibility index (Phi) is 4.09. The van der Waals surface area contributed by atoms with Crippen molar-refractivity contribution in [2.24, 2.45) is 0 Å². The highest BCUT2D eigenvalue weighted by Gasteiger charge is 2.41. The van der Waals surface area contributed by atoms with Gasteiger partial charge in [0.1, 0.15) is 11.2 Å². The van der Waals surface area contributed by atoms with E-state index in [0.717, 1.165) is 56.1 Å². The molecule has 0 aliphatic carbocycles. The molecule has 0 N–H and O–H groups in total. The molecule has 5 aromatic rings. The number of rotatable bonds is 2. The van der Waals surface area contributed by atoms with Crippen molar-refractivity contribution in [3.05, 3.63) is 61.2 Å². The van der Waals surface area contributed by atoms with Crippen molar-refractivity contribution < 1.29 is 4.42 Å². The molecule has 0 atom stereocenters. The van der Waals surface area contributed by atoms with Gasteiger partial charge in [-0.3, -0.25) is 0 Å². The number of fused-ring (bicyclic) bond motifs is 5. The van der Waals surface area contributed by atoms with Crippen LogP contribution in [0.5, 0.6) is 0 Å². The number of furan rings is 1. The molecule has 3 aromatic heterocycles. The summed E-state index contributed by atoms with van der Waals surface area (Å²) in [6.45, 7) is 0.00681. The van der Waals surface area contributed by atoms with E-state index >= 15 is 0 Å². The van der Waals surface area contributed by atoms with E-state index in [1.54, 1.807) is 24.8 Å². The Morgan fingerprint density at radius 2 is 0.886 bits per heavy atom. The second-order valence-electron chi connectivity index (χ2n) is 9.21. The summed E-state index contributed by atoms with van der Waals surface area (Å²) in [5, 5.41) is 2.19. The van der Waals surface area contributed by atoms with Crippen molar-refractivity contribution in [1.82, 2.24) is 19.9 Å². The third-order valence-corrected chi connectivity index (χ3v) is 7.24. The molecule has 35 heavy (non-hydrogen) atoms. The summed E-state index contributed by atoms with van der Waals surface area (Å²) in [7, 11) is 8.23. The van der Waals surface area contributed by atoms with E-state index in [9.17, 15) is 0 Å². The van der Waals surface area contributed by atoms with Crippen LogP contribution in [0.3, 0.4) is 0 Å². The average molecular weight is 460 g/mol. The number of nitrogens with zero attached hydrogens (tertiary/aromatic N) is 8. The maximum Gasteiger partial charge on any atom is 0.413 e. The largest absolute Gasteiger partial charge is 0.456 e. The van der Waals surface area contributed by atoms with Crippen molar-refractivity contribution in [2.75, 3.05) is 47.4 Å². The third-order valence-electron chi connectivity index (χ3n) is 7.24. The lowest BCUT2D eigenvalue weighted by molar-refractivity contribution is 0.669. The van der Waals surface area contributed by atoms with Gasteiger partial charge in [-0.25, -0.2) is 19.9 Å². The van der Waals surface area contributed by atoms with Gasteiger partial charge in [-0.2, -0.15) is 0 Å². The topological polar surface area (TPSA) is 77.7 Å². The first kappa shape index (κ1) is 20.1. The Bertz CT molecular complexity index is 1450. The molecule has 0 saturated carbocycles. The molecule has 5 heterocycles. The van der Waals surface area contributed by atoms with Crippen LogP contribution in [0.15, 0.2) is 65.6 Å². The summed E-state index contributed by atoms with van der Waals surface area (Å²) in [6.07, 6.45) is 6.95. The van der Waals surface area contributed by atoms with Crippen LogP contribution in [0.25, 0.3) is 21.9 Å². The van der Waals surface area contributed by atoms with Crippen LogP contribution < -0.4 is 30.2 Å². The fourth-order valence-corrected chi connectivity index (χ4v) is 5.65. The van der Waals surface area contributed by atoms with Crippen molar-refractivity contribution in [3.63, 3.8) is 0 Å². The summed E-state index contributed by atoms with van der Waals surface area (Å²) < 4.78 is 6.21. The van der Waals surface area contributed by atoms with Crippen LogP contribution in [0, 0.1) is 0 Å². The smallest absolute Gasteiger partial charge is 0.413 e. The van der Waals surface area contributed by atoms with Gasteiger partial charge in [0.25, 0.3) is 0 Å². The van der Waals surface area contributed by atoms with Gasteiger partial charge in [0.2, 0.25) is 0 Å². The quantitative estimate of drug-likeness (QED) is 0.366.